The number of carbonyl (C=O) groups is 2. The lowest BCUT2D eigenvalue weighted by Crippen LogP contribution is -2.30. The van der Waals surface area contributed by atoms with Crippen LogP contribution >= 0.6 is 0 Å². The normalized spacial score (nSPS) is 19.9. The molecule has 2 aliphatic heterocycles. The zero-order chi connectivity index (χ0) is 17.8. The Hall–Kier alpha value is -3.61. The van der Waals surface area contributed by atoms with Gasteiger partial charge in [-0.3, -0.25) is 14.9 Å². The van der Waals surface area contributed by atoms with E-state index >= 15 is 0 Å². The summed E-state index contributed by atoms with van der Waals surface area (Å²) in [6.07, 6.45) is 0.506. The quantitative estimate of drug-likeness (QED) is 0.464. The average Bonchev–Trinajstić information content (AvgIpc) is 3.11. The van der Waals surface area contributed by atoms with E-state index in [0.29, 0.717) is 18.5 Å². The molecule has 0 saturated heterocycles. The predicted octanol–water partition coefficient (Wildman–Crippen LogP) is 1.61. The number of nitrogens with zero attached hydrogens (tertiary/aromatic N) is 1. The van der Waals surface area contributed by atoms with Gasteiger partial charge in [0, 0.05) is 33.9 Å². The number of aromatic amines is 1. The molecule has 3 heterocycles. The van der Waals surface area contributed by atoms with Gasteiger partial charge in [0.1, 0.15) is 5.70 Å². The number of aliphatic imine (C=N–C) groups is 1. The first kappa shape index (κ1) is 14.7. The number of amides is 2. The van der Waals surface area contributed by atoms with Crippen molar-refractivity contribution in [2.75, 3.05) is 6.54 Å². The Morgan fingerprint density at radius 1 is 0.962 bits per heavy atom. The van der Waals surface area contributed by atoms with Crippen LogP contribution in [0.2, 0.25) is 0 Å². The number of benzene rings is 2. The van der Waals surface area contributed by atoms with Crippen LogP contribution in [0.4, 0.5) is 0 Å². The number of fused-ring (bicyclic) bond motifs is 4. The van der Waals surface area contributed by atoms with Gasteiger partial charge < -0.3 is 16.0 Å². The number of rotatable bonds is 0. The van der Waals surface area contributed by atoms with Crippen molar-refractivity contribution in [3.8, 4) is 0 Å². The molecule has 0 aliphatic carbocycles. The Balaban J connectivity index is 1.87. The summed E-state index contributed by atoms with van der Waals surface area (Å²) >= 11 is 0. The molecule has 26 heavy (non-hydrogen) atoms. The van der Waals surface area contributed by atoms with Crippen LogP contribution in [0.5, 0.6) is 0 Å². The Kier molecular flexibility index (Phi) is 2.94. The van der Waals surface area contributed by atoms with Gasteiger partial charge in [-0.25, -0.2) is 4.99 Å². The molecule has 1 aromatic heterocycles. The Labute approximate surface area is 148 Å². The van der Waals surface area contributed by atoms with Gasteiger partial charge in [0.25, 0.3) is 11.8 Å². The minimum absolute atomic E-state index is 0.0794. The van der Waals surface area contributed by atoms with E-state index in [4.69, 9.17) is 5.73 Å². The lowest BCUT2D eigenvalue weighted by molar-refractivity contribution is -0.115. The number of nitrogens with two attached hydrogens (primary N) is 1. The van der Waals surface area contributed by atoms with E-state index in [9.17, 15) is 9.59 Å². The van der Waals surface area contributed by atoms with Crippen LogP contribution in [0.15, 0.2) is 47.1 Å². The molecule has 0 fully saturated rings. The number of hydrogen-bond acceptors (Lipinski definition) is 4. The number of nitrogens with one attached hydrogen (secondary N) is 3. The summed E-state index contributed by atoms with van der Waals surface area (Å²) in [5.74, 6) is -0.418. The van der Waals surface area contributed by atoms with E-state index in [2.05, 4.69) is 20.6 Å². The van der Waals surface area contributed by atoms with Crippen molar-refractivity contribution in [1.82, 2.24) is 15.6 Å². The predicted molar refractivity (Wildman–Crippen MR) is 99.4 cm³/mol. The summed E-state index contributed by atoms with van der Waals surface area (Å²) in [5.41, 5.74) is 9.78. The first-order valence-corrected chi connectivity index (χ1v) is 8.33. The van der Waals surface area contributed by atoms with Crippen LogP contribution in [0.25, 0.3) is 27.4 Å². The zero-order valence-electron chi connectivity index (χ0n) is 13.7. The molecule has 0 spiro atoms. The minimum Gasteiger partial charge on any atom is -0.369 e. The minimum atomic E-state index is -0.336. The van der Waals surface area contributed by atoms with Gasteiger partial charge in [0.05, 0.1) is 0 Å². The molecule has 2 amide bonds. The lowest BCUT2D eigenvalue weighted by atomic mass is 9.94. The summed E-state index contributed by atoms with van der Waals surface area (Å²) in [4.78, 5) is 32.3. The molecular formula is C19H15N5O2. The maximum atomic E-state index is 12.6. The second kappa shape index (κ2) is 5.19. The van der Waals surface area contributed by atoms with E-state index in [0.717, 1.165) is 32.9 Å². The number of guanidine groups is 1. The van der Waals surface area contributed by atoms with Crippen molar-refractivity contribution in [2.45, 2.75) is 6.42 Å². The van der Waals surface area contributed by atoms with Crippen molar-refractivity contribution in [1.29, 1.82) is 0 Å². The first-order chi connectivity index (χ1) is 12.6. The second-order valence-electron chi connectivity index (χ2n) is 6.40. The fourth-order valence-corrected chi connectivity index (χ4v) is 3.69. The van der Waals surface area contributed by atoms with Crippen molar-refractivity contribution >= 4 is 45.2 Å². The number of carbonyl (C=O) groups excluding carboxylic acids is 2. The molecular weight excluding hydrogens is 330 g/mol. The van der Waals surface area contributed by atoms with Gasteiger partial charge in [-0.1, -0.05) is 18.2 Å². The van der Waals surface area contributed by atoms with Crippen LogP contribution in [-0.4, -0.2) is 29.3 Å². The second-order valence-corrected chi connectivity index (χ2v) is 6.40. The molecule has 0 saturated carbocycles. The molecule has 2 aliphatic rings. The van der Waals surface area contributed by atoms with E-state index in [-0.39, 0.29) is 23.5 Å². The smallest absolute Gasteiger partial charge is 0.277 e. The highest BCUT2D eigenvalue weighted by Crippen LogP contribution is 2.35. The third-order valence-corrected chi connectivity index (χ3v) is 4.85. The van der Waals surface area contributed by atoms with Crippen LogP contribution < -0.4 is 16.4 Å². The number of aromatic nitrogens is 1. The van der Waals surface area contributed by atoms with Crippen molar-refractivity contribution < 1.29 is 9.59 Å². The number of H-pyrrole nitrogens is 1. The van der Waals surface area contributed by atoms with Gasteiger partial charge in [-0.2, -0.15) is 0 Å². The van der Waals surface area contributed by atoms with E-state index in [1.165, 1.54) is 0 Å². The Morgan fingerprint density at radius 3 is 2.62 bits per heavy atom. The molecule has 7 nitrogen and oxygen atoms in total. The standard InChI is InChI=1S/C19H15N5O2/c20-19-23-16(18(26)24-19)10-5-6-21-17(25)13-8-15-12(7-11(10)13)9-3-1-2-4-14(9)22-15/h1-4,7-8,22H,5-6H2,(H,21,25)(H3,20,23,24,26)/b16-10-. The maximum absolute atomic E-state index is 12.6. The molecule has 5 rings (SSSR count). The number of hydrogen-bond donors (Lipinski definition) is 4. The molecule has 0 bridgehead atoms. The molecule has 128 valence electrons. The summed E-state index contributed by atoms with van der Waals surface area (Å²) in [6.45, 7) is 0.434. The van der Waals surface area contributed by atoms with Crippen molar-refractivity contribution in [2.24, 2.45) is 10.7 Å². The first-order valence-electron chi connectivity index (χ1n) is 8.33. The molecule has 5 N–H and O–H groups in total. The fourth-order valence-electron chi connectivity index (χ4n) is 3.69. The fraction of sp³-hybridized carbons (Fsp3) is 0.105. The molecule has 2 aromatic carbocycles. The lowest BCUT2D eigenvalue weighted by Gasteiger charge is -2.09. The molecule has 7 heteroatoms. The summed E-state index contributed by atoms with van der Waals surface area (Å²) in [5, 5.41) is 7.46. The maximum Gasteiger partial charge on any atom is 0.277 e. The summed E-state index contributed by atoms with van der Waals surface area (Å²) < 4.78 is 0. The third-order valence-electron chi connectivity index (χ3n) is 4.85. The van der Waals surface area contributed by atoms with E-state index < -0.39 is 0 Å². The average molecular weight is 345 g/mol. The highest BCUT2D eigenvalue weighted by atomic mass is 16.2. The van der Waals surface area contributed by atoms with Crippen molar-refractivity contribution in [3.63, 3.8) is 0 Å². The molecule has 0 atom stereocenters. The van der Waals surface area contributed by atoms with Crippen LogP contribution in [0.1, 0.15) is 22.3 Å². The van der Waals surface area contributed by atoms with Crippen LogP contribution in [0, 0.1) is 0 Å². The SMILES string of the molecule is NC1=N/C(=C2/CCNC(=O)c3cc4[nH]c5ccccc5c4cc32)C(=O)N1. The molecule has 0 unspecified atom stereocenters. The highest BCUT2D eigenvalue weighted by Gasteiger charge is 2.28. The Bertz CT molecular complexity index is 1190. The highest BCUT2D eigenvalue weighted by molar-refractivity contribution is 6.17. The van der Waals surface area contributed by atoms with Crippen LogP contribution in [0.3, 0.4) is 0 Å². The summed E-state index contributed by atoms with van der Waals surface area (Å²) in [6, 6.07) is 11.8. The number of para-hydroxylation sites is 1. The van der Waals surface area contributed by atoms with Gasteiger partial charge in [0.2, 0.25) is 5.96 Å². The van der Waals surface area contributed by atoms with Crippen molar-refractivity contribution in [3.05, 3.63) is 53.2 Å². The topological polar surface area (TPSA) is 112 Å². The zero-order valence-corrected chi connectivity index (χ0v) is 13.7. The van der Waals surface area contributed by atoms with Gasteiger partial charge >= 0.3 is 0 Å². The van der Waals surface area contributed by atoms with Gasteiger partial charge in [0.15, 0.2) is 0 Å². The monoisotopic (exact) mass is 345 g/mol. The van der Waals surface area contributed by atoms with Gasteiger partial charge in [-0.15, -0.1) is 0 Å². The molecule has 3 aromatic rings. The van der Waals surface area contributed by atoms with Crippen LogP contribution in [-0.2, 0) is 4.79 Å². The Morgan fingerprint density at radius 2 is 1.81 bits per heavy atom. The largest absolute Gasteiger partial charge is 0.369 e. The van der Waals surface area contributed by atoms with Gasteiger partial charge in [-0.05, 0) is 35.8 Å². The third kappa shape index (κ3) is 2.03. The molecule has 0 radical (unpaired) electrons. The van der Waals surface area contributed by atoms with E-state index in [1.54, 1.807) is 0 Å². The van der Waals surface area contributed by atoms with E-state index in [1.807, 2.05) is 36.4 Å². The summed E-state index contributed by atoms with van der Waals surface area (Å²) in [7, 11) is 0.